The number of nitrogens with zero attached hydrogens (tertiary/aromatic N) is 1. The van der Waals surface area contributed by atoms with Crippen LogP contribution in [0.15, 0.2) is 4.52 Å². The zero-order valence-electron chi connectivity index (χ0n) is 15.1. The molecule has 0 saturated heterocycles. The third-order valence-corrected chi connectivity index (χ3v) is 3.69. The van der Waals surface area contributed by atoms with E-state index in [4.69, 9.17) is 18.7 Å². The van der Waals surface area contributed by atoms with E-state index in [9.17, 15) is 14.4 Å². The molecule has 0 unspecified atom stereocenters. The Balaban J connectivity index is 3.38. The number of hydrogen-bond acceptors (Lipinski definition) is 8. The van der Waals surface area contributed by atoms with Crippen LogP contribution in [0.1, 0.15) is 38.0 Å². The second kappa shape index (κ2) is 9.05. The van der Waals surface area contributed by atoms with E-state index < -0.39 is 23.4 Å². The minimum absolute atomic E-state index is 0.245. The molecule has 0 aliphatic rings. The third kappa shape index (κ3) is 4.49. The number of ether oxygens (including phenoxy) is 3. The molecule has 1 N–H and O–H groups in total. The largest absolute Gasteiger partial charge is 0.479 e. The second-order valence-corrected chi connectivity index (χ2v) is 5.44. The van der Waals surface area contributed by atoms with Gasteiger partial charge in [-0.25, -0.2) is 9.59 Å². The zero-order chi connectivity index (χ0) is 19.0. The molecule has 25 heavy (non-hydrogen) atoms. The topological polar surface area (TPSA) is 117 Å². The van der Waals surface area contributed by atoms with Crippen LogP contribution in [0, 0.1) is 0 Å². The first-order valence-corrected chi connectivity index (χ1v) is 7.83. The average Bonchev–Trinajstić information content (AvgIpc) is 2.98. The van der Waals surface area contributed by atoms with Crippen LogP contribution in [-0.2, 0) is 36.7 Å². The van der Waals surface area contributed by atoms with E-state index in [1.165, 1.54) is 14.0 Å². The molecule has 0 aromatic carbocycles. The molecule has 1 rings (SSSR count). The fourth-order valence-corrected chi connectivity index (χ4v) is 2.49. The number of carbonyl (C=O) groups is 3. The van der Waals surface area contributed by atoms with Gasteiger partial charge in [-0.05, 0) is 18.0 Å². The molecule has 9 nitrogen and oxygen atoms in total. The lowest BCUT2D eigenvalue weighted by molar-refractivity contribution is -0.165. The van der Waals surface area contributed by atoms with Crippen molar-refractivity contribution in [3.05, 3.63) is 11.3 Å². The number of nitrogens with one attached hydrogen (secondary N) is 1. The lowest BCUT2D eigenvalue weighted by Crippen LogP contribution is -2.62. The summed E-state index contributed by atoms with van der Waals surface area (Å²) in [5.74, 6) is -2.01. The molecule has 0 spiro atoms. The summed E-state index contributed by atoms with van der Waals surface area (Å²) in [6.45, 7) is 3.20. The number of aromatic nitrogens is 1. The number of methoxy groups -OCH3 is 3. The molecule has 0 saturated carbocycles. The molecule has 0 aliphatic heterocycles. The van der Waals surface area contributed by atoms with Crippen molar-refractivity contribution in [1.82, 2.24) is 10.5 Å². The molecule has 1 aromatic rings. The monoisotopic (exact) mass is 356 g/mol. The van der Waals surface area contributed by atoms with Gasteiger partial charge in [-0.3, -0.25) is 4.79 Å². The van der Waals surface area contributed by atoms with E-state index in [1.54, 1.807) is 0 Å². The van der Waals surface area contributed by atoms with Crippen LogP contribution >= 0.6 is 0 Å². The van der Waals surface area contributed by atoms with Gasteiger partial charge in [0.05, 0.1) is 33.3 Å². The van der Waals surface area contributed by atoms with Crippen LogP contribution in [0.25, 0.3) is 0 Å². The molecule has 0 fully saturated rings. The molecule has 0 atom stereocenters. The zero-order valence-corrected chi connectivity index (χ0v) is 15.1. The lowest BCUT2D eigenvalue weighted by atomic mass is 9.91. The molecule has 1 heterocycles. The number of amides is 1. The highest BCUT2D eigenvalue weighted by Crippen LogP contribution is 2.28. The highest BCUT2D eigenvalue weighted by Gasteiger charge is 2.51. The average molecular weight is 356 g/mol. The number of hydrogen-bond donors (Lipinski definition) is 1. The Hall–Kier alpha value is -2.58. The summed E-state index contributed by atoms with van der Waals surface area (Å²) in [6.07, 6.45) is 2.02. The van der Waals surface area contributed by atoms with E-state index >= 15 is 0 Å². The SMILES string of the molecule is CCCCc1c(OC)noc1CC(NC(C)=O)(C(=O)OC)C(=O)OC. The van der Waals surface area contributed by atoms with Gasteiger partial charge >= 0.3 is 11.9 Å². The summed E-state index contributed by atoms with van der Waals surface area (Å²) >= 11 is 0. The van der Waals surface area contributed by atoms with E-state index in [1.807, 2.05) is 6.92 Å². The van der Waals surface area contributed by atoms with E-state index in [2.05, 4.69) is 10.5 Å². The van der Waals surface area contributed by atoms with Crippen LogP contribution in [0.5, 0.6) is 5.88 Å². The van der Waals surface area contributed by atoms with Gasteiger partial charge in [-0.15, -0.1) is 0 Å². The summed E-state index contributed by atoms with van der Waals surface area (Å²) in [5, 5.41) is 6.14. The minimum atomic E-state index is -2.07. The molecule has 0 bridgehead atoms. The van der Waals surface area contributed by atoms with Crippen molar-refractivity contribution in [3.63, 3.8) is 0 Å². The fraction of sp³-hybridized carbons (Fsp3) is 0.625. The van der Waals surface area contributed by atoms with Crippen LogP contribution in [0.4, 0.5) is 0 Å². The van der Waals surface area contributed by atoms with Crippen molar-refractivity contribution in [2.45, 2.75) is 45.1 Å². The van der Waals surface area contributed by atoms with Crippen molar-refractivity contribution in [3.8, 4) is 5.88 Å². The molecule has 9 heteroatoms. The third-order valence-electron chi connectivity index (χ3n) is 3.69. The number of unbranched alkanes of at least 4 members (excludes halogenated alkanes) is 1. The highest BCUT2D eigenvalue weighted by molar-refractivity contribution is 6.07. The quantitative estimate of drug-likeness (QED) is 0.510. The predicted octanol–water partition coefficient (Wildman–Crippen LogP) is 0.789. The Bertz CT molecular complexity index is 608. The molecular formula is C16H24N2O7. The Morgan fingerprint density at radius 1 is 1.16 bits per heavy atom. The van der Waals surface area contributed by atoms with Gasteiger partial charge in [0.2, 0.25) is 11.4 Å². The van der Waals surface area contributed by atoms with Crippen LogP contribution < -0.4 is 10.1 Å². The van der Waals surface area contributed by atoms with Crippen molar-refractivity contribution >= 4 is 17.8 Å². The molecule has 1 aromatic heterocycles. The van der Waals surface area contributed by atoms with Crippen LogP contribution in [0.2, 0.25) is 0 Å². The van der Waals surface area contributed by atoms with Gasteiger partial charge in [0.1, 0.15) is 5.76 Å². The van der Waals surface area contributed by atoms with Crippen molar-refractivity contribution in [2.75, 3.05) is 21.3 Å². The maximum atomic E-state index is 12.3. The Morgan fingerprint density at radius 3 is 2.20 bits per heavy atom. The summed E-state index contributed by atoms with van der Waals surface area (Å²) in [5.41, 5.74) is -1.44. The summed E-state index contributed by atoms with van der Waals surface area (Å²) in [7, 11) is 3.67. The van der Waals surface area contributed by atoms with Gasteiger partial charge < -0.3 is 24.1 Å². The van der Waals surface area contributed by atoms with E-state index in [-0.39, 0.29) is 18.1 Å². The maximum Gasteiger partial charge on any atom is 0.343 e. The highest BCUT2D eigenvalue weighted by atomic mass is 16.6. The van der Waals surface area contributed by atoms with E-state index in [0.717, 1.165) is 27.1 Å². The normalized spacial score (nSPS) is 10.9. The molecule has 140 valence electrons. The van der Waals surface area contributed by atoms with Gasteiger partial charge in [0, 0.05) is 6.92 Å². The number of rotatable bonds is 9. The maximum absolute atomic E-state index is 12.3. The van der Waals surface area contributed by atoms with Gasteiger partial charge in [-0.2, -0.15) is 0 Å². The van der Waals surface area contributed by atoms with Gasteiger partial charge in [-0.1, -0.05) is 13.3 Å². The van der Waals surface area contributed by atoms with Crippen LogP contribution in [0.3, 0.4) is 0 Å². The van der Waals surface area contributed by atoms with E-state index in [0.29, 0.717) is 12.0 Å². The molecule has 0 aliphatic carbocycles. The number of esters is 2. The molecule has 1 amide bonds. The minimum Gasteiger partial charge on any atom is -0.479 e. The second-order valence-electron chi connectivity index (χ2n) is 5.44. The van der Waals surface area contributed by atoms with Gasteiger partial charge in [0.25, 0.3) is 5.88 Å². The predicted molar refractivity (Wildman–Crippen MR) is 86.0 cm³/mol. The van der Waals surface area contributed by atoms with Gasteiger partial charge in [0.15, 0.2) is 0 Å². The summed E-state index contributed by atoms with van der Waals surface area (Å²) in [4.78, 5) is 36.3. The summed E-state index contributed by atoms with van der Waals surface area (Å²) < 4.78 is 19.9. The fourth-order valence-electron chi connectivity index (χ4n) is 2.49. The lowest BCUT2D eigenvalue weighted by Gasteiger charge is -2.27. The standard InChI is InChI=1S/C16H24N2O7/c1-6-7-8-11-12(25-18-13(11)22-3)9-16(14(20)23-4,15(21)24-5)17-10(2)19/h6-9H2,1-5H3,(H,17,19). The molecular weight excluding hydrogens is 332 g/mol. The number of carbonyl (C=O) groups excluding carboxylic acids is 3. The van der Waals surface area contributed by atoms with Crippen LogP contribution in [-0.4, -0.2) is 49.9 Å². The van der Waals surface area contributed by atoms with Crippen molar-refractivity contribution < 1.29 is 33.1 Å². The first kappa shape index (κ1) is 20.5. The smallest absolute Gasteiger partial charge is 0.343 e. The Morgan fingerprint density at radius 2 is 1.76 bits per heavy atom. The Kier molecular flexibility index (Phi) is 7.41. The van der Waals surface area contributed by atoms with Crippen molar-refractivity contribution in [1.29, 1.82) is 0 Å². The van der Waals surface area contributed by atoms with Crippen molar-refractivity contribution in [2.24, 2.45) is 0 Å². The molecule has 0 radical (unpaired) electrons. The first-order chi connectivity index (χ1) is 11.9. The summed E-state index contributed by atoms with van der Waals surface area (Å²) in [6, 6.07) is 0. The Labute approximate surface area is 146 Å². The first-order valence-electron chi connectivity index (χ1n) is 7.83.